The molecule has 0 saturated carbocycles. The highest BCUT2D eigenvalue weighted by molar-refractivity contribution is 5.94. The normalized spacial score (nSPS) is 12.0. The molecule has 2 aromatic carbocycles. The van der Waals surface area contributed by atoms with Crippen molar-refractivity contribution in [3.63, 3.8) is 0 Å². The van der Waals surface area contributed by atoms with E-state index >= 15 is 0 Å². The second kappa shape index (κ2) is 9.41. The molecule has 0 aliphatic heterocycles. The lowest BCUT2D eigenvalue weighted by molar-refractivity contribution is -0.143. The van der Waals surface area contributed by atoms with E-state index in [0.717, 1.165) is 0 Å². The third-order valence-corrected chi connectivity index (χ3v) is 4.54. The van der Waals surface area contributed by atoms with Crippen molar-refractivity contribution in [2.45, 2.75) is 39.0 Å². The average Bonchev–Trinajstić information content (AvgIpc) is 2.68. The molecule has 9 heteroatoms. The molecule has 2 aromatic rings. The van der Waals surface area contributed by atoms with Crippen molar-refractivity contribution in [1.82, 2.24) is 0 Å². The topological polar surface area (TPSA) is 44.1 Å². The Morgan fingerprint density at radius 2 is 1.55 bits per heavy atom. The summed E-state index contributed by atoms with van der Waals surface area (Å²) < 4.78 is 79.0. The number of hydrogen-bond donors (Lipinski definition) is 0. The fourth-order valence-electron chi connectivity index (χ4n) is 2.92. The summed E-state index contributed by atoms with van der Waals surface area (Å²) in [6.07, 6.45) is -9.20. The number of amides is 1. The van der Waals surface area contributed by atoms with Crippen LogP contribution >= 0.6 is 0 Å². The Morgan fingerprint density at radius 3 is 2.03 bits per heavy atom. The Balaban J connectivity index is 2.53. The Labute approximate surface area is 175 Å². The number of hydrogen-bond acceptors (Lipinski definition) is 2. The number of rotatable bonds is 6. The lowest BCUT2D eigenvalue weighted by Crippen LogP contribution is -2.31. The van der Waals surface area contributed by atoms with Gasteiger partial charge >= 0.3 is 12.4 Å². The van der Waals surface area contributed by atoms with Crippen molar-refractivity contribution < 1.29 is 31.1 Å². The predicted molar refractivity (Wildman–Crippen MR) is 104 cm³/mol. The summed E-state index contributed by atoms with van der Waals surface area (Å²) in [6, 6.07) is 8.73. The van der Waals surface area contributed by atoms with Crippen LogP contribution in [0.15, 0.2) is 42.5 Å². The minimum absolute atomic E-state index is 0.0603. The SMILES string of the molecule is CC(C)CCC(=O)N(CC#N)c1cccc(-c2cc(C(F)(F)F)cc(C(F)(F)F)c2)c1. The molecule has 0 atom stereocenters. The van der Waals surface area contributed by atoms with E-state index in [0.29, 0.717) is 18.6 Å². The van der Waals surface area contributed by atoms with Crippen LogP contribution in [0.2, 0.25) is 0 Å². The van der Waals surface area contributed by atoms with Crippen LogP contribution in [-0.2, 0) is 17.1 Å². The van der Waals surface area contributed by atoms with Gasteiger partial charge in [-0.25, -0.2) is 0 Å². The monoisotopic (exact) mass is 442 g/mol. The second-order valence-corrected chi connectivity index (χ2v) is 7.42. The van der Waals surface area contributed by atoms with Crippen LogP contribution in [0.3, 0.4) is 0 Å². The molecule has 3 nitrogen and oxygen atoms in total. The first-order valence-corrected chi connectivity index (χ1v) is 9.40. The summed E-state index contributed by atoms with van der Waals surface area (Å²) in [5.41, 5.74) is -2.86. The lowest BCUT2D eigenvalue weighted by atomic mass is 9.98. The van der Waals surface area contributed by atoms with Gasteiger partial charge in [0.2, 0.25) is 5.91 Å². The molecule has 31 heavy (non-hydrogen) atoms. The number of anilines is 1. The Hall–Kier alpha value is -3.02. The van der Waals surface area contributed by atoms with Gasteiger partial charge in [0.15, 0.2) is 0 Å². The number of nitrogens with zero attached hydrogens (tertiary/aromatic N) is 2. The van der Waals surface area contributed by atoms with Crippen molar-refractivity contribution in [2.24, 2.45) is 5.92 Å². The minimum atomic E-state index is -4.97. The van der Waals surface area contributed by atoms with Crippen molar-refractivity contribution in [3.05, 3.63) is 53.6 Å². The Bertz CT molecular complexity index is 941. The van der Waals surface area contributed by atoms with Gasteiger partial charge < -0.3 is 0 Å². The first kappa shape index (κ1) is 24.3. The van der Waals surface area contributed by atoms with Crippen LogP contribution in [0.5, 0.6) is 0 Å². The fraction of sp³-hybridized carbons (Fsp3) is 0.364. The van der Waals surface area contributed by atoms with Gasteiger partial charge in [-0.05, 0) is 53.8 Å². The first-order chi connectivity index (χ1) is 14.3. The van der Waals surface area contributed by atoms with E-state index in [-0.39, 0.29) is 47.7 Å². The standard InChI is InChI=1S/C22H20F6N2O/c1-14(2)6-7-20(31)30(9-8-29)19-5-3-4-15(12-19)16-10-17(21(23,24)25)13-18(11-16)22(26,27)28/h3-5,10-14H,6-7,9H2,1-2H3. The number of alkyl halides is 6. The Kier molecular flexibility index (Phi) is 7.37. The average molecular weight is 442 g/mol. The van der Waals surface area contributed by atoms with Crippen LogP contribution in [-0.4, -0.2) is 12.5 Å². The zero-order valence-corrected chi connectivity index (χ0v) is 16.8. The summed E-state index contributed by atoms with van der Waals surface area (Å²) in [4.78, 5) is 13.7. The predicted octanol–water partition coefficient (Wildman–Crippen LogP) is 6.68. The van der Waals surface area contributed by atoms with E-state index in [9.17, 15) is 31.1 Å². The van der Waals surface area contributed by atoms with E-state index in [1.54, 1.807) is 0 Å². The number of benzene rings is 2. The zero-order chi connectivity index (χ0) is 23.4. The maximum Gasteiger partial charge on any atom is 0.416 e. The molecule has 0 unspecified atom stereocenters. The molecular formula is C22H20F6N2O. The molecule has 2 rings (SSSR count). The third kappa shape index (κ3) is 6.48. The summed E-state index contributed by atoms with van der Waals surface area (Å²) >= 11 is 0. The van der Waals surface area contributed by atoms with Crippen LogP contribution in [0.25, 0.3) is 11.1 Å². The molecule has 0 aromatic heterocycles. The summed E-state index contributed by atoms with van der Waals surface area (Å²) in [5, 5.41) is 9.07. The fourth-order valence-corrected chi connectivity index (χ4v) is 2.92. The van der Waals surface area contributed by atoms with Crippen molar-refractivity contribution in [1.29, 1.82) is 5.26 Å². The van der Waals surface area contributed by atoms with Gasteiger partial charge in [0, 0.05) is 12.1 Å². The quantitative estimate of drug-likeness (QED) is 0.370. The molecule has 0 bridgehead atoms. The lowest BCUT2D eigenvalue weighted by Gasteiger charge is -2.21. The van der Waals surface area contributed by atoms with Gasteiger partial charge in [-0.1, -0.05) is 26.0 Å². The highest BCUT2D eigenvalue weighted by Crippen LogP contribution is 2.39. The Morgan fingerprint density at radius 1 is 0.968 bits per heavy atom. The number of nitriles is 1. The van der Waals surface area contributed by atoms with E-state index in [2.05, 4.69) is 0 Å². The molecule has 0 saturated heterocycles. The minimum Gasteiger partial charge on any atom is -0.299 e. The molecule has 0 N–H and O–H groups in total. The van der Waals surface area contributed by atoms with Gasteiger partial charge in [-0.2, -0.15) is 31.6 Å². The smallest absolute Gasteiger partial charge is 0.299 e. The van der Waals surface area contributed by atoms with E-state index in [1.807, 2.05) is 19.9 Å². The van der Waals surface area contributed by atoms with Crippen LogP contribution in [0, 0.1) is 17.2 Å². The highest BCUT2D eigenvalue weighted by atomic mass is 19.4. The number of carbonyl (C=O) groups is 1. The maximum absolute atomic E-state index is 13.2. The number of carbonyl (C=O) groups excluding carboxylic acids is 1. The van der Waals surface area contributed by atoms with E-state index < -0.39 is 23.5 Å². The molecule has 0 heterocycles. The molecular weight excluding hydrogens is 422 g/mol. The molecule has 0 radical (unpaired) electrons. The third-order valence-electron chi connectivity index (χ3n) is 4.54. The zero-order valence-electron chi connectivity index (χ0n) is 16.8. The first-order valence-electron chi connectivity index (χ1n) is 9.40. The van der Waals surface area contributed by atoms with E-state index in [4.69, 9.17) is 5.26 Å². The van der Waals surface area contributed by atoms with Crippen LogP contribution in [0.1, 0.15) is 37.8 Å². The van der Waals surface area contributed by atoms with Gasteiger partial charge in [0.05, 0.1) is 17.2 Å². The largest absolute Gasteiger partial charge is 0.416 e. The second-order valence-electron chi connectivity index (χ2n) is 7.42. The van der Waals surface area contributed by atoms with Crippen LogP contribution in [0.4, 0.5) is 32.0 Å². The summed E-state index contributed by atoms with van der Waals surface area (Å²) in [5.74, 6) is -0.113. The molecule has 0 spiro atoms. The molecule has 166 valence electrons. The van der Waals surface area contributed by atoms with Gasteiger partial charge in [-0.3, -0.25) is 9.69 Å². The highest BCUT2D eigenvalue weighted by Gasteiger charge is 2.37. The van der Waals surface area contributed by atoms with Crippen LogP contribution < -0.4 is 4.90 Å². The van der Waals surface area contributed by atoms with Crippen molar-refractivity contribution in [3.8, 4) is 17.2 Å². The molecule has 0 aliphatic rings. The van der Waals surface area contributed by atoms with Gasteiger partial charge in [0.1, 0.15) is 6.54 Å². The number of halogens is 6. The molecule has 1 amide bonds. The summed E-state index contributed by atoms with van der Waals surface area (Å²) in [7, 11) is 0. The van der Waals surface area contributed by atoms with E-state index in [1.165, 1.54) is 29.2 Å². The maximum atomic E-state index is 13.2. The van der Waals surface area contributed by atoms with Crippen molar-refractivity contribution in [2.75, 3.05) is 11.4 Å². The van der Waals surface area contributed by atoms with Gasteiger partial charge in [-0.15, -0.1) is 0 Å². The van der Waals surface area contributed by atoms with Crippen molar-refractivity contribution >= 4 is 11.6 Å². The molecule has 0 fully saturated rings. The van der Waals surface area contributed by atoms with Gasteiger partial charge in [0.25, 0.3) is 0 Å². The summed E-state index contributed by atoms with van der Waals surface area (Å²) in [6.45, 7) is 3.56. The molecule has 0 aliphatic carbocycles.